The van der Waals surface area contributed by atoms with Crippen molar-refractivity contribution in [1.82, 2.24) is 0 Å². The zero-order valence-electron chi connectivity index (χ0n) is 12.8. The molecule has 0 bridgehead atoms. The Morgan fingerprint density at radius 1 is 0.862 bits per heavy atom. The minimum absolute atomic E-state index is 0. The Morgan fingerprint density at radius 2 is 1.31 bits per heavy atom. The van der Waals surface area contributed by atoms with Crippen molar-refractivity contribution in [3.63, 3.8) is 0 Å². The number of hydrogen-bond donors (Lipinski definition) is 2. The highest BCUT2D eigenvalue weighted by atomic mass is 79.9. The van der Waals surface area contributed by atoms with E-state index in [-0.39, 0.29) is 35.6 Å². The Labute approximate surface area is 226 Å². The van der Waals surface area contributed by atoms with Gasteiger partial charge in [0.15, 0.2) is 0 Å². The molecular weight excluding hydrogens is 772 g/mol. The van der Waals surface area contributed by atoms with Gasteiger partial charge in [-0.05, 0) is 56.0 Å². The normalized spacial score (nSPS) is 9.48. The summed E-state index contributed by atoms with van der Waals surface area (Å²) in [4.78, 5) is 21.5. The summed E-state index contributed by atoms with van der Waals surface area (Å²) < 4.78 is 1.89. The van der Waals surface area contributed by atoms with Gasteiger partial charge < -0.3 is 10.2 Å². The van der Waals surface area contributed by atoms with Crippen molar-refractivity contribution in [3.05, 3.63) is 32.7 Å². The summed E-state index contributed by atoms with van der Waals surface area (Å²) >= 11 is 19.5. The van der Waals surface area contributed by atoms with Crippen LogP contribution >= 0.6 is 95.6 Å². The van der Waals surface area contributed by atoms with Crippen molar-refractivity contribution < 1.29 is 19.8 Å². The fourth-order valence-corrected chi connectivity index (χ4v) is 5.64. The smallest absolute Gasteiger partial charge is 0.311 e. The first-order chi connectivity index (χ1) is 11.7. The number of carboxylic acid groups (broad SMARTS) is 2. The number of rotatable bonds is 8. The Morgan fingerprint density at radius 3 is 1.55 bits per heavy atom. The van der Waals surface area contributed by atoms with Gasteiger partial charge >= 0.3 is 11.9 Å². The van der Waals surface area contributed by atoms with E-state index in [0.29, 0.717) is 27.7 Å². The van der Waals surface area contributed by atoms with E-state index in [1.54, 1.807) is 0 Å². The minimum Gasteiger partial charge on any atom is -0.481 e. The minimum atomic E-state index is -0.812. The van der Waals surface area contributed by atoms with E-state index in [4.69, 9.17) is 5.11 Å². The molecule has 4 nitrogen and oxygen atoms in total. The van der Waals surface area contributed by atoms with E-state index in [9.17, 15) is 14.7 Å². The number of hydrogen-bond acceptors (Lipinski definition) is 2. The van der Waals surface area contributed by atoms with E-state index in [0.717, 1.165) is 14.5 Å². The summed E-state index contributed by atoms with van der Waals surface area (Å²) in [6, 6.07) is 5.78. The van der Waals surface area contributed by atoms with E-state index in [1.807, 2.05) is 18.2 Å². The molecule has 1 rings (SSSR count). The fourth-order valence-electron chi connectivity index (χ4n) is 1.53. The molecule has 0 radical (unpaired) electrons. The molecule has 2 N–H and O–H groups in total. The van der Waals surface area contributed by atoms with Gasteiger partial charge in [-0.2, -0.15) is 0 Å². The second-order valence-electron chi connectivity index (χ2n) is 5.12. The van der Waals surface area contributed by atoms with Gasteiger partial charge in [-0.15, -0.1) is 0 Å². The standard InChI is InChI=1S/C11H10Br4O2.C4H6Br2O2.4CH4/c12-5-11(6-13,10(16)17)4-7-1-2-8(14)9(15)3-7;5-1-3(2-6)4(7)8;;;;/h1-3H,4-6H2,(H,16,17);3H,1-2H2,(H,7,8);4*1H4. The molecule has 1 aromatic carbocycles. The summed E-state index contributed by atoms with van der Waals surface area (Å²) in [6.07, 6.45) is 0.477. The third kappa shape index (κ3) is 13.9. The zero-order valence-corrected chi connectivity index (χ0v) is 22.3. The van der Waals surface area contributed by atoms with Gasteiger partial charge in [0.2, 0.25) is 0 Å². The first-order valence-corrected chi connectivity index (χ1v) is 12.9. The number of alkyl halides is 4. The summed E-state index contributed by atoms with van der Waals surface area (Å²) in [6.45, 7) is 0. The second-order valence-corrected chi connectivity index (χ2v) is 9.25. The highest BCUT2D eigenvalue weighted by Crippen LogP contribution is 2.31. The maximum absolute atomic E-state index is 11.4. The van der Waals surface area contributed by atoms with E-state index in [2.05, 4.69) is 95.6 Å². The van der Waals surface area contributed by atoms with Crippen molar-refractivity contribution >= 4 is 108 Å². The van der Waals surface area contributed by atoms with Crippen LogP contribution in [0.2, 0.25) is 0 Å². The van der Waals surface area contributed by atoms with Crippen LogP contribution in [0, 0.1) is 11.3 Å². The van der Waals surface area contributed by atoms with Gasteiger partial charge in [-0.1, -0.05) is 99.5 Å². The maximum Gasteiger partial charge on any atom is 0.311 e. The summed E-state index contributed by atoms with van der Waals surface area (Å²) in [7, 11) is 0. The van der Waals surface area contributed by atoms with Crippen LogP contribution in [0.3, 0.4) is 0 Å². The first kappa shape index (κ1) is 40.4. The van der Waals surface area contributed by atoms with Gasteiger partial charge in [0.05, 0.1) is 11.3 Å². The van der Waals surface area contributed by atoms with Crippen LogP contribution in [0.5, 0.6) is 0 Å². The van der Waals surface area contributed by atoms with Crippen LogP contribution in [0.25, 0.3) is 0 Å². The third-order valence-corrected chi connectivity index (χ3v) is 8.80. The number of carbonyl (C=O) groups is 2. The molecule has 0 aromatic heterocycles. The average Bonchev–Trinajstić information content (AvgIpc) is 2.57. The number of benzene rings is 1. The molecule has 0 saturated carbocycles. The van der Waals surface area contributed by atoms with Gasteiger partial charge in [0, 0.05) is 30.3 Å². The molecule has 0 aliphatic heterocycles. The number of carboxylic acids is 2. The van der Waals surface area contributed by atoms with Crippen molar-refractivity contribution in [3.8, 4) is 0 Å². The second kappa shape index (κ2) is 20.9. The molecule has 1 aromatic rings. The van der Waals surface area contributed by atoms with Gasteiger partial charge in [-0.25, -0.2) is 0 Å². The quantitative estimate of drug-likeness (QED) is 0.258. The maximum atomic E-state index is 11.4. The molecule has 0 amide bonds. The predicted octanol–water partition coefficient (Wildman–Crippen LogP) is 8.64. The molecule has 0 saturated heterocycles. The average molecular weight is 804 g/mol. The molecule has 0 unspecified atom stereocenters. The Balaban J connectivity index is -0.000000140. The zero-order chi connectivity index (χ0) is 19.6. The van der Waals surface area contributed by atoms with Crippen LogP contribution in [0.4, 0.5) is 0 Å². The molecule has 0 heterocycles. The summed E-state index contributed by atoms with van der Waals surface area (Å²) in [5, 5.41) is 19.5. The lowest BCUT2D eigenvalue weighted by molar-refractivity contribution is -0.146. The molecule has 0 aliphatic carbocycles. The van der Waals surface area contributed by atoms with Gasteiger partial charge in [-0.3, -0.25) is 9.59 Å². The Kier molecular flexibility index (Phi) is 29.1. The van der Waals surface area contributed by atoms with Crippen LogP contribution in [-0.4, -0.2) is 43.5 Å². The molecular formula is C19H32Br6O4. The lowest BCUT2D eigenvalue weighted by Crippen LogP contribution is -2.36. The van der Waals surface area contributed by atoms with Crippen molar-refractivity contribution in [2.75, 3.05) is 21.3 Å². The highest BCUT2D eigenvalue weighted by Gasteiger charge is 2.36. The van der Waals surface area contributed by atoms with E-state index < -0.39 is 17.4 Å². The van der Waals surface area contributed by atoms with E-state index in [1.165, 1.54) is 0 Å². The molecule has 0 atom stereocenters. The summed E-state index contributed by atoms with van der Waals surface area (Å²) in [5.41, 5.74) is 0.175. The van der Waals surface area contributed by atoms with Gasteiger partial charge in [0.1, 0.15) is 0 Å². The van der Waals surface area contributed by atoms with Crippen LogP contribution in [-0.2, 0) is 16.0 Å². The van der Waals surface area contributed by atoms with Gasteiger partial charge in [0.25, 0.3) is 0 Å². The molecule has 0 aliphatic rings. The van der Waals surface area contributed by atoms with Crippen LogP contribution < -0.4 is 0 Å². The predicted molar refractivity (Wildman–Crippen MR) is 149 cm³/mol. The van der Waals surface area contributed by atoms with Crippen molar-refractivity contribution in [2.24, 2.45) is 11.3 Å². The molecule has 0 fully saturated rings. The number of aliphatic carboxylic acids is 2. The molecule has 174 valence electrons. The summed E-state index contributed by atoms with van der Waals surface area (Å²) in [5.74, 6) is -1.86. The third-order valence-electron chi connectivity index (χ3n) is 3.21. The highest BCUT2D eigenvalue weighted by molar-refractivity contribution is 9.13. The van der Waals surface area contributed by atoms with E-state index >= 15 is 0 Å². The molecule has 10 heteroatoms. The first-order valence-electron chi connectivity index (χ1n) is 6.81. The number of halogens is 6. The SMILES string of the molecule is C.C.C.C.O=C(O)C(CBr)(CBr)Cc1ccc(Br)c(Br)c1.O=C(O)C(CBr)CBr. The van der Waals surface area contributed by atoms with Crippen molar-refractivity contribution in [2.45, 2.75) is 36.1 Å². The largest absolute Gasteiger partial charge is 0.481 e. The lowest BCUT2D eigenvalue weighted by atomic mass is 9.86. The Bertz CT molecular complexity index is 576. The van der Waals surface area contributed by atoms with Crippen LogP contribution in [0.1, 0.15) is 35.3 Å². The monoisotopic (exact) mass is 798 g/mol. The Hall–Kier alpha value is 1.04. The molecule has 29 heavy (non-hydrogen) atoms. The topological polar surface area (TPSA) is 74.6 Å². The molecule has 0 spiro atoms. The lowest BCUT2D eigenvalue weighted by Gasteiger charge is -2.25. The van der Waals surface area contributed by atoms with Crippen molar-refractivity contribution in [1.29, 1.82) is 0 Å². The fraction of sp³-hybridized carbons (Fsp3) is 0.579. The van der Waals surface area contributed by atoms with Crippen LogP contribution in [0.15, 0.2) is 27.1 Å².